The van der Waals surface area contributed by atoms with Gasteiger partial charge in [-0.25, -0.2) is 4.79 Å². The molecule has 102 valence electrons. The SMILES string of the molecule is C=C(C)C(=O)Oc1c(O)cccc1OC(=O)C(C)C. The molecule has 0 saturated carbocycles. The second kappa shape index (κ2) is 6.04. The zero-order valence-electron chi connectivity index (χ0n) is 11.1. The maximum absolute atomic E-state index is 11.5. The number of phenolic OH excluding ortho intramolecular Hbond substituents is 1. The number of para-hydroxylation sites is 1. The molecule has 5 nitrogen and oxygen atoms in total. The lowest BCUT2D eigenvalue weighted by molar-refractivity contribution is -0.138. The predicted octanol–water partition coefficient (Wildman–Crippen LogP) is 2.44. The lowest BCUT2D eigenvalue weighted by Gasteiger charge is -2.12. The maximum atomic E-state index is 11.5. The first kappa shape index (κ1) is 14.8. The van der Waals surface area contributed by atoms with Crippen LogP contribution in [0.4, 0.5) is 0 Å². The number of esters is 2. The highest BCUT2D eigenvalue weighted by Gasteiger charge is 2.19. The minimum absolute atomic E-state index is 0.00620. The molecule has 0 aliphatic rings. The summed E-state index contributed by atoms with van der Waals surface area (Å²) in [5.74, 6) is -2.02. The molecule has 0 saturated heterocycles. The van der Waals surface area contributed by atoms with Crippen molar-refractivity contribution in [1.82, 2.24) is 0 Å². The van der Waals surface area contributed by atoms with Crippen LogP contribution in [-0.2, 0) is 9.59 Å². The minimum Gasteiger partial charge on any atom is -0.504 e. The van der Waals surface area contributed by atoms with Crippen molar-refractivity contribution < 1.29 is 24.2 Å². The van der Waals surface area contributed by atoms with E-state index < -0.39 is 11.9 Å². The molecular weight excluding hydrogens is 248 g/mol. The van der Waals surface area contributed by atoms with Crippen LogP contribution in [0.2, 0.25) is 0 Å². The number of carbonyl (C=O) groups is 2. The van der Waals surface area contributed by atoms with E-state index in [2.05, 4.69) is 6.58 Å². The topological polar surface area (TPSA) is 72.8 Å². The summed E-state index contributed by atoms with van der Waals surface area (Å²) in [5, 5.41) is 9.68. The molecule has 0 bridgehead atoms. The zero-order chi connectivity index (χ0) is 14.6. The van der Waals surface area contributed by atoms with Crippen molar-refractivity contribution in [3.63, 3.8) is 0 Å². The van der Waals surface area contributed by atoms with E-state index in [1.807, 2.05) is 0 Å². The molecular formula is C14H16O5. The van der Waals surface area contributed by atoms with E-state index in [0.29, 0.717) is 0 Å². The van der Waals surface area contributed by atoms with Crippen LogP contribution in [0.1, 0.15) is 20.8 Å². The van der Waals surface area contributed by atoms with Crippen molar-refractivity contribution in [3.05, 3.63) is 30.4 Å². The van der Waals surface area contributed by atoms with Gasteiger partial charge in [-0.3, -0.25) is 4.79 Å². The molecule has 0 aliphatic carbocycles. The summed E-state index contributed by atoms with van der Waals surface area (Å²) in [4.78, 5) is 23.0. The van der Waals surface area contributed by atoms with Gasteiger partial charge >= 0.3 is 11.9 Å². The van der Waals surface area contributed by atoms with E-state index in [4.69, 9.17) is 9.47 Å². The molecule has 0 unspecified atom stereocenters. The lowest BCUT2D eigenvalue weighted by atomic mass is 10.2. The Morgan fingerprint density at radius 3 is 2.42 bits per heavy atom. The number of hydrogen-bond acceptors (Lipinski definition) is 5. The first-order valence-corrected chi connectivity index (χ1v) is 5.74. The molecule has 0 radical (unpaired) electrons. The molecule has 0 aromatic heterocycles. The Morgan fingerprint density at radius 1 is 1.26 bits per heavy atom. The van der Waals surface area contributed by atoms with Crippen LogP contribution >= 0.6 is 0 Å². The van der Waals surface area contributed by atoms with Gasteiger partial charge in [0.1, 0.15) is 0 Å². The molecule has 19 heavy (non-hydrogen) atoms. The Labute approximate surface area is 111 Å². The molecule has 0 spiro atoms. The highest BCUT2D eigenvalue weighted by Crippen LogP contribution is 2.37. The van der Waals surface area contributed by atoms with E-state index >= 15 is 0 Å². The standard InChI is InChI=1S/C14H16O5/c1-8(2)13(16)18-11-7-5-6-10(15)12(11)19-14(17)9(3)4/h5-8,15H,3H2,1-2,4H3. The lowest BCUT2D eigenvalue weighted by Crippen LogP contribution is -2.16. The summed E-state index contributed by atoms with van der Waals surface area (Å²) < 4.78 is 10.0. The predicted molar refractivity (Wildman–Crippen MR) is 69.0 cm³/mol. The number of ether oxygens (including phenoxy) is 2. The van der Waals surface area contributed by atoms with E-state index in [1.54, 1.807) is 13.8 Å². The summed E-state index contributed by atoms with van der Waals surface area (Å²) in [6.07, 6.45) is 0. The van der Waals surface area contributed by atoms with Gasteiger partial charge in [-0.05, 0) is 19.1 Å². The fourth-order valence-electron chi connectivity index (χ4n) is 1.09. The zero-order valence-corrected chi connectivity index (χ0v) is 11.1. The first-order valence-electron chi connectivity index (χ1n) is 5.74. The van der Waals surface area contributed by atoms with Gasteiger partial charge in [0.25, 0.3) is 0 Å². The number of phenols is 1. The Balaban J connectivity index is 3.05. The Kier molecular flexibility index (Phi) is 4.69. The van der Waals surface area contributed by atoms with Crippen molar-refractivity contribution in [2.24, 2.45) is 5.92 Å². The minimum atomic E-state index is -0.705. The van der Waals surface area contributed by atoms with E-state index in [1.165, 1.54) is 25.1 Å². The molecule has 0 aliphatic heterocycles. The first-order chi connectivity index (χ1) is 8.82. The van der Waals surface area contributed by atoms with Gasteiger partial charge in [0, 0.05) is 5.57 Å². The number of aromatic hydroxyl groups is 1. The fourth-order valence-corrected chi connectivity index (χ4v) is 1.09. The average molecular weight is 264 g/mol. The van der Waals surface area contributed by atoms with Crippen LogP contribution in [-0.4, -0.2) is 17.0 Å². The van der Waals surface area contributed by atoms with Gasteiger partial charge in [0.15, 0.2) is 11.5 Å². The number of rotatable bonds is 4. The van der Waals surface area contributed by atoms with Gasteiger partial charge in [0.2, 0.25) is 5.75 Å². The molecule has 0 fully saturated rings. The normalized spacial score (nSPS) is 10.1. The van der Waals surface area contributed by atoms with Gasteiger partial charge in [-0.2, -0.15) is 0 Å². The highest BCUT2D eigenvalue weighted by atomic mass is 16.6. The van der Waals surface area contributed by atoms with Crippen LogP contribution in [0.3, 0.4) is 0 Å². The van der Waals surface area contributed by atoms with Gasteiger partial charge in [0.05, 0.1) is 5.92 Å². The van der Waals surface area contributed by atoms with E-state index in [0.717, 1.165) is 0 Å². The van der Waals surface area contributed by atoms with Crippen molar-refractivity contribution in [2.45, 2.75) is 20.8 Å². The molecule has 1 N–H and O–H groups in total. The number of carbonyl (C=O) groups excluding carboxylic acids is 2. The smallest absolute Gasteiger partial charge is 0.338 e. The summed E-state index contributed by atoms with van der Waals surface area (Å²) in [7, 11) is 0. The van der Waals surface area contributed by atoms with Crippen LogP contribution < -0.4 is 9.47 Å². The molecule has 0 heterocycles. The Hall–Kier alpha value is -2.30. The van der Waals surface area contributed by atoms with Gasteiger partial charge in [-0.1, -0.05) is 26.5 Å². The number of benzene rings is 1. The highest BCUT2D eigenvalue weighted by molar-refractivity contribution is 5.89. The van der Waals surface area contributed by atoms with Crippen LogP contribution in [0.5, 0.6) is 17.2 Å². The fraction of sp³-hybridized carbons (Fsp3) is 0.286. The summed E-state index contributed by atoms with van der Waals surface area (Å²) in [6.45, 7) is 8.25. The second-order valence-corrected chi connectivity index (χ2v) is 4.35. The van der Waals surface area contributed by atoms with Crippen molar-refractivity contribution in [2.75, 3.05) is 0 Å². The monoisotopic (exact) mass is 264 g/mol. The quantitative estimate of drug-likeness (QED) is 0.513. The Morgan fingerprint density at radius 2 is 1.89 bits per heavy atom. The third-order valence-electron chi connectivity index (χ3n) is 2.18. The van der Waals surface area contributed by atoms with Crippen molar-refractivity contribution >= 4 is 11.9 Å². The average Bonchev–Trinajstić information content (AvgIpc) is 2.32. The second-order valence-electron chi connectivity index (χ2n) is 4.35. The summed E-state index contributed by atoms with van der Waals surface area (Å²) >= 11 is 0. The summed E-state index contributed by atoms with van der Waals surface area (Å²) in [5.41, 5.74) is 0.171. The summed E-state index contributed by atoms with van der Waals surface area (Å²) in [6, 6.07) is 4.24. The molecule has 0 atom stereocenters. The van der Waals surface area contributed by atoms with Crippen LogP contribution in [0.15, 0.2) is 30.4 Å². The van der Waals surface area contributed by atoms with Crippen LogP contribution in [0, 0.1) is 5.92 Å². The van der Waals surface area contributed by atoms with Crippen molar-refractivity contribution in [1.29, 1.82) is 0 Å². The number of hydrogen-bond donors (Lipinski definition) is 1. The molecule has 1 rings (SSSR count). The van der Waals surface area contributed by atoms with Crippen molar-refractivity contribution in [3.8, 4) is 17.2 Å². The third-order valence-corrected chi connectivity index (χ3v) is 2.18. The maximum Gasteiger partial charge on any atom is 0.338 e. The Bertz CT molecular complexity index is 517. The molecule has 0 amide bonds. The van der Waals surface area contributed by atoms with Gasteiger partial charge in [-0.15, -0.1) is 0 Å². The molecule has 1 aromatic rings. The van der Waals surface area contributed by atoms with Crippen LogP contribution in [0.25, 0.3) is 0 Å². The van der Waals surface area contributed by atoms with E-state index in [-0.39, 0.29) is 28.7 Å². The van der Waals surface area contributed by atoms with Gasteiger partial charge < -0.3 is 14.6 Å². The molecule has 1 aromatic carbocycles. The van der Waals surface area contributed by atoms with E-state index in [9.17, 15) is 14.7 Å². The largest absolute Gasteiger partial charge is 0.504 e. The third kappa shape index (κ3) is 3.84. The molecule has 5 heteroatoms.